The molecule has 0 bridgehead atoms. The Kier molecular flexibility index (Phi) is 6.82. The molecule has 5 rings (SSSR count). The molecule has 0 aliphatic carbocycles. The number of hydrogen-bond donors (Lipinski definition) is 2. The number of nitrogens with zero attached hydrogens (tertiary/aromatic N) is 5. The summed E-state index contributed by atoms with van der Waals surface area (Å²) in [5.41, 5.74) is 7.78. The van der Waals surface area contributed by atoms with Gasteiger partial charge in [0.1, 0.15) is 0 Å². The molecule has 0 atom stereocenters. The van der Waals surface area contributed by atoms with Gasteiger partial charge in [-0.2, -0.15) is 15.0 Å². The molecule has 184 valence electrons. The zero-order valence-corrected chi connectivity index (χ0v) is 21.4. The van der Waals surface area contributed by atoms with Crippen LogP contribution in [0.1, 0.15) is 22.3 Å². The Labute approximate surface area is 213 Å². The number of aryl methyl sites for hydroxylation is 4. The van der Waals surface area contributed by atoms with E-state index in [0.29, 0.717) is 17.8 Å². The molecule has 1 fully saturated rings. The summed E-state index contributed by atoms with van der Waals surface area (Å²) in [5.74, 6) is 1.80. The van der Waals surface area contributed by atoms with Gasteiger partial charge in [0.05, 0.1) is 5.69 Å². The van der Waals surface area contributed by atoms with Crippen LogP contribution in [-0.2, 0) is 0 Å². The number of anilines is 6. The van der Waals surface area contributed by atoms with Crippen LogP contribution in [-0.4, -0.2) is 41.1 Å². The molecule has 2 heterocycles. The average molecular weight is 480 g/mol. The van der Waals surface area contributed by atoms with Crippen LogP contribution in [0.5, 0.6) is 0 Å². The molecule has 1 saturated heterocycles. The number of piperazine rings is 1. The molecular formula is C29H33N7. The van der Waals surface area contributed by atoms with Crippen LogP contribution in [0.25, 0.3) is 0 Å². The lowest BCUT2D eigenvalue weighted by Crippen LogP contribution is -2.44. The Morgan fingerprint density at radius 2 is 1.47 bits per heavy atom. The van der Waals surface area contributed by atoms with E-state index in [1.165, 1.54) is 11.1 Å². The van der Waals surface area contributed by atoms with Gasteiger partial charge in [0, 0.05) is 37.6 Å². The monoisotopic (exact) mass is 479 g/mol. The van der Waals surface area contributed by atoms with Gasteiger partial charge in [0.15, 0.2) is 0 Å². The first-order valence-corrected chi connectivity index (χ1v) is 12.5. The molecule has 2 N–H and O–H groups in total. The lowest BCUT2D eigenvalue weighted by atomic mass is 10.1. The summed E-state index contributed by atoms with van der Waals surface area (Å²) in [6.07, 6.45) is 0. The quantitative estimate of drug-likeness (QED) is 0.366. The first-order chi connectivity index (χ1) is 17.5. The van der Waals surface area contributed by atoms with Gasteiger partial charge in [0.2, 0.25) is 17.8 Å². The zero-order valence-electron chi connectivity index (χ0n) is 21.4. The normalized spacial score (nSPS) is 13.5. The summed E-state index contributed by atoms with van der Waals surface area (Å²) >= 11 is 0. The summed E-state index contributed by atoms with van der Waals surface area (Å²) in [5, 5.41) is 6.88. The Hall–Kier alpha value is -3.97. The van der Waals surface area contributed by atoms with E-state index in [-0.39, 0.29) is 0 Å². The van der Waals surface area contributed by atoms with Crippen molar-refractivity contribution in [2.45, 2.75) is 27.7 Å². The van der Waals surface area contributed by atoms with Crippen molar-refractivity contribution in [3.8, 4) is 0 Å². The predicted octanol–water partition coefficient (Wildman–Crippen LogP) is 5.73. The zero-order chi connectivity index (χ0) is 25.1. The van der Waals surface area contributed by atoms with E-state index in [2.05, 4.69) is 96.7 Å². The standard InChI is InChI=1S/C29H33N7/c1-20-10-12-25(22(3)18-20)31-27-32-28(35-16-14-30-15-17-35)34-29(33-27)36(24-8-6-5-7-9-24)26-13-11-21(2)19-23(26)4/h5-13,18-19,30H,14-17H2,1-4H3,(H,31,32,33,34). The van der Waals surface area contributed by atoms with Crippen molar-refractivity contribution in [3.05, 3.63) is 89.0 Å². The first-order valence-electron chi connectivity index (χ1n) is 12.5. The summed E-state index contributed by atoms with van der Waals surface area (Å²) in [7, 11) is 0. The minimum Gasteiger partial charge on any atom is -0.338 e. The highest BCUT2D eigenvalue weighted by atomic mass is 15.4. The van der Waals surface area contributed by atoms with Crippen LogP contribution in [0, 0.1) is 27.7 Å². The Balaban J connectivity index is 1.65. The second kappa shape index (κ2) is 10.3. The molecule has 0 unspecified atom stereocenters. The van der Waals surface area contributed by atoms with E-state index in [1.807, 2.05) is 18.2 Å². The Morgan fingerprint density at radius 1 is 0.778 bits per heavy atom. The minimum atomic E-state index is 0.534. The fourth-order valence-electron chi connectivity index (χ4n) is 4.59. The van der Waals surface area contributed by atoms with Crippen molar-refractivity contribution in [3.63, 3.8) is 0 Å². The average Bonchev–Trinajstić information content (AvgIpc) is 2.88. The molecule has 0 radical (unpaired) electrons. The third kappa shape index (κ3) is 5.16. The molecule has 0 amide bonds. The lowest BCUT2D eigenvalue weighted by Gasteiger charge is -2.30. The number of para-hydroxylation sites is 1. The second-order valence-corrected chi connectivity index (χ2v) is 9.40. The van der Waals surface area contributed by atoms with Gasteiger partial charge in [-0.05, 0) is 63.1 Å². The maximum atomic E-state index is 5.01. The van der Waals surface area contributed by atoms with Gasteiger partial charge in [-0.15, -0.1) is 0 Å². The minimum absolute atomic E-state index is 0.534. The van der Waals surface area contributed by atoms with E-state index in [1.54, 1.807) is 0 Å². The third-order valence-corrected chi connectivity index (χ3v) is 6.45. The first kappa shape index (κ1) is 23.8. The number of rotatable bonds is 6. The molecule has 4 aromatic rings. The molecule has 1 aromatic heterocycles. The fraction of sp³-hybridized carbons (Fsp3) is 0.276. The van der Waals surface area contributed by atoms with Gasteiger partial charge >= 0.3 is 0 Å². The summed E-state index contributed by atoms with van der Waals surface area (Å²) < 4.78 is 0. The van der Waals surface area contributed by atoms with Crippen molar-refractivity contribution in [1.29, 1.82) is 0 Å². The highest BCUT2D eigenvalue weighted by Crippen LogP contribution is 2.36. The summed E-state index contributed by atoms with van der Waals surface area (Å²) in [6, 6.07) is 23.1. The molecular weight excluding hydrogens is 446 g/mol. The summed E-state index contributed by atoms with van der Waals surface area (Å²) in [4.78, 5) is 19.2. The molecule has 3 aromatic carbocycles. The van der Waals surface area contributed by atoms with E-state index >= 15 is 0 Å². The molecule has 36 heavy (non-hydrogen) atoms. The largest absolute Gasteiger partial charge is 0.338 e. The van der Waals surface area contributed by atoms with Crippen molar-refractivity contribution in [2.24, 2.45) is 0 Å². The highest BCUT2D eigenvalue weighted by molar-refractivity contribution is 5.76. The van der Waals surface area contributed by atoms with Crippen molar-refractivity contribution >= 4 is 34.9 Å². The van der Waals surface area contributed by atoms with Crippen molar-refractivity contribution in [2.75, 3.05) is 41.3 Å². The Bertz CT molecular complexity index is 1350. The van der Waals surface area contributed by atoms with Crippen LogP contribution in [0.4, 0.5) is 34.9 Å². The number of hydrogen-bond acceptors (Lipinski definition) is 7. The van der Waals surface area contributed by atoms with E-state index in [0.717, 1.165) is 54.4 Å². The molecule has 1 aliphatic heterocycles. The maximum Gasteiger partial charge on any atom is 0.241 e. The third-order valence-electron chi connectivity index (χ3n) is 6.45. The van der Waals surface area contributed by atoms with Crippen molar-refractivity contribution < 1.29 is 0 Å². The van der Waals surface area contributed by atoms with Gasteiger partial charge in [-0.1, -0.05) is 53.6 Å². The van der Waals surface area contributed by atoms with Gasteiger partial charge < -0.3 is 15.5 Å². The Morgan fingerprint density at radius 3 is 2.17 bits per heavy atom. The van der Waals surface area contributed by atoms with Crippen LogP contribution in [0.2, 0.25) is 0 Å². The van der Waals surface area contributed by atoms with Crippen LogP contribution < -0.4 is 20.4 Å². The maximum absolute atomic E-state index is 5.01. The highest BCUT2D eigenvalue weighted by Gasteiger charge is 2.22. The SMILES string of the molecule is Cc1ccc(Nc2nc(N3CCNCC3)nc(N(c3ccccc3)c3ccc(C)cc3C)n2)c(C)c1. The van der Waals surface area contributed by atoms with Crippen molar-refractivity contribution in [1.82, 2.24) is 20.3 Å². The fourth-order valence-corrected chi connectivity index (χ4v) is 4.59. The van der Waals surface area contributed by atoms with Crippen LogP contribution in [0.3, 0.4) is 0 Å². The van der Waals surface area contributed by atoms with E-state index < -0.39 is 0 Å². The second-order valence-electron chi connectivity index (χ2n) is 9.40. The number of benzene rings is 3. The number of nitrogens with one attached hydrogen (secondary N) is 2. The summed E-state index contributed by atoms with van der Waals surface area (Å²) in [6.45, 7) is 11.9. The van der Waals surface area contributed by atoms with Crippen LogP contribution >= 0.6 is 0 Å². The number of aromatic nitrogens is 3. The topological polar surface area (TPSA) is 69.2 Å². The molecule has 1 aliphatic rings. The molecule has 7 nitrogen and oxygen atoms in total. The smallest absolute Gasteiger partial charge is 0.241 e. The lowest BCUT2D eigenvalue weighted by molar-refractivity contribution is 0.579. The van der Waals surface area contributed by atoms with Gasteiger partial charge in [-0.25, -0.2) is 0 Å². The molecule has 7 heteroatoms. The molecule has 0 saturated carbocycles. The predicted molar refractivity (Wildman–Crippen MR) is 148 cm³/mol. The molecule has 0 spiro atoms. The van der Waals surface area contributed by atoms with Crippen LogP contribution in [0.15, 0.2) is 66.7 Å². The van der Waals surface area contributed by atoms with Gasteiger partial charge in [-0.3, -0.25) is 4.90 Å². The van der Waals surface area contributed by atoms with E-state index in [9.17, 15) is 0 Å². The van der Waals surface area contributed by atoms with Gasteiger partial charge in [0.25, 0.3) is 0 Å². The van der Waals surface area contributed by atoms with E-state index in [4.69, 9.17) is 15.0 Å².